The third-order valence-electron chi connectivity index (χ3n) is 5.13. The zero-order chi connectivity index (χ0) is 15.7. The fraction of sp³-hybridized carbons (Fsp3) is 1.00. The van der Waals surface area contributed by atoms with Crippen molar-refractivity contribution in [3.63, 3.8) is 0 Å². The van der Waals surface area contributed by atoms with Crippen molar-refractivity contribution >= 4 is 9.84 Å². The monoisotopic (exact) mass is 317 g/mol. The van der Waals surface area contributed by atoms with E-state index in [0.717, 1.165) is 43.7 Å². The minimum atomic E-state index is -2.79. The highest BCUT2D eigenvalue weighted by atomic mass is 32.2. The van der Waals surface area contributed by atoms with Crippen LogP contribution in [-0.4, -0.2) is 33.0 Å². The van der Waals surface area contributed by atoms with Gasteiger partial charge in [0, 0.05) is 5.75 Å². The molecule has 1 aliphatic rings. The second-order valence-corrected chi connectivity index (χ2v) is 9.16. The van der Waals surface area contributed by atoms with E-state index in [-0.39, 0.29) is 5.75 Å². The first-order valence-electron chi connectivity index (χ1n) is 8.93. The molecular weight excluding hydrogens is 282 g/mol. The van der Waals surface area contributed by atoms with Gasteiger partial charge in [0.1, 0.15) is 9.84 Å². The summed E-state index contributed by atoms with van der Waals surface area (Å²) in [4.78, 5) is 0. The summed E-state index contributed by atoms with van der Waals surface area (Å²) in [5.74, 6) is 3.01. The van der Waals surface area contributed by atoms with Crippen molar-refractivity contribution in [2.75, 3.05) is 24.6 Å². The van der Waals surface area contributed by atoms with Gasteiger partial charge in [-0.05, 0) is 62.9 Å². The van der Waals surface area contributed by atoms with E-state index < -0.39 is 9.84 Å². The second-order valence-electron chi connectivity index (χ2n) is 6.69. The lowest BCUT2D eigenvalue weighted by molar-refractivity contribution is 0.162. The highest BCUT2D eigenvalue weighted by Crippen LogP contribution is 2.37. The molecule has 4 heteroatoms. The van der Waals surface area contributed by atoms with E-state index in [1.165, 1.54) is 32.1 Å². The molecule has 0 heterocycles. The Balaban J connectivity index is 2.45. The van der Waals surface area contributed by atoms with Crippen molar-refractivity contribution in [3.05, 3.63) is 0 Å². The number of sulfone groups is 1. The molecule has 126 valence electrons. The van der Waals surface area contributed by atoms with Gasteiger partial charge in [0.15, 0.2) is 0 Å². The van der Waals surface area contributed by atoms with Crippen LogP contribution in [0.15, 0.2) is 0 Å². The van der Waals surface area contributed by atoms with E-state index >= 15 is 0 Å². The molecule has 0 amide bonds. The maximum atomic E-state index is 11.6. The maximum Gasteiger partial charge on any atom is 0.150 e. The Bertz CT molecular complexity index is 365. The molecule has 0 aromatic carbocycles. The van der Waals surface area contributed by atoms with Crippen LogP contribution in [0.3, 0.4) is 0 Å². The van der Waals surface area contributed by atoms with Crippen molar-refractivity contribution in [1.82, 2.24) is 5.32 Å². The maximum absolute atomic E-state index is 11.6. The molecule has 21 heavy (non-hydrogen) atoms. The molecule has 3 unspecified atom stereocenters. The van der Waals surface area contributed by atoms with Gasteiger partial charge < -0.3 is 5.32 Å². The molecular formula is C17H35NO2S. The van der Waals surface area contributed by atoms with Gasteiger partial charge in [-0.15, -0.1) is 0 Å². The van der Waals surface area contributed by atoms with E-state index in [0.29, 0.717) is 5.75 Å². The number of hydrogen-bond acceptors (Lipinski definition) is 3. The van der Waals surface area contributed by atoms with E-state index in [4.69, 9.17) is 0 Å². The summed E-state index contributed by atoms with van der Waals surface area (Å²) in [6.45, 7) is 8.47. The van der Waals surface area contributed by atoms with Crippen LogP contribution in [0, 0.1) is 17.8 Å². The normalized spacial score (nSPS) is 26.9. The van der Waals surface area contributed by atoms with Crippen LogP contribution in [0.1, 0.15) is 65.7 Å². The minimum absolute atomic E-state index is 0.288. The van der Waals surface area contributed by atoms with Gasteiger partial charge in [0.2, 0.25) is 0 Å². The first-order valence-corrected chi connectivity index (χ1v) is 10.8. The van der Waals surface area contributed by atoms with Crippen LogP contribution in [-0.2, 0) is 9.84 Å². The third kappa shape index (κ3) is 7.14. The van der Waals surface area contributed by atoms with Gasteiger partial charge in [0.25, 0.3) is 0 Å². The molecule has 0 radical (unpaired) electrons. The largest absolute Gasteiger partial charge is 0.316 e. The van der Waals surface area contributed by atoms with E-state index in [2.05, 4.69) is 19.2 Å². The predicted octanol–water partition coefficient (Wildman–Crippen LogP) is 3.64. The SMILES string of the molecule is CCCNCC1CCC(CC)CC1CCCS(=O)(=O)CC. The Kier molecular flexibility index (Phi) is 8.88. The zero-order valence-corrected chi connectivity index (χ0v) is 15.1. The minimum Gasteiger partial charge on any atom is -0.316 e. The summed E-state index contributed by atoms with van der Waals surface area (Å²) in [5, 5.41) is 3.57. The third-order valence-corrected chi connectivity index (χ3v) is 6.92. The zero-order valence-electron chi connectivity index (χ0n) is 14.2. The van der Waals surface area contributed by atoms with Crippen LogP contribution >= 0.6 is 0 Å². The highest BCUT2D eigenvalue weighted by Gasteiger charge is 2.29. The summed E-state index contributed by atoms with van der Waals surface area (Å²) in [6, 6.07) is 0. The molecule has 3 atom stereocenters. The van der Waals surface area contributed by atoms with Crippen molar-refractivity contribution < 1.29 is 8.42 Å². The fourth-order valence-corrected chi connectivity index (χ4v) is 4.49. The quantitative estimate of drug-likeness (QED) is 0.626. The lowest BCUT2D eigenvalue weighted by atomic mass is 9.71. The molecule has 1 fully saturated rings. The molecule has 0 aromatic rings. The molecule has 3 nitrogen and oxygen atoms in total. The van der Waals surface area contributed by atoms with Gasteiger partial charge in [-0.1, -0.05) is 33.6 Å². The summed E-state index contributed by atoms with van der Waals surface area (Å²) < 4.78 is 23.3. The molecule has 0 bridgehead atoms. The Morgan fingerprint density at radius 1 is 1.10 bits per heavy atom. The van der Waals surface area contributed by atoms with Gasteiger partial charge in [-0.25, -0.2) is 8.42 Å². The number of rotatable bonds is 10. The molecule has 1 rings (SSSR count). The van der Waals surface area contributed by atoms with Gasteiger partial charge in [-0.2, -0.15) is 0 Å². The first kappa shape index (κ1) is 19.0. The van der Waals surface area contributed by atoms with Gasteiger partial charge >= 0.3 is 0 Å². The molecule has 0 saturated heterocycles. The fourth-order valence-electron chi connectivity index (χ4n) is 3.59. The molecule has 1 aliphatic carbocycles. The first-order chi connectivity index (χ1) is 10.0. The van der Waals surface area contributed by atoms with Crippen LogP contribution < -0.4 is 5.32 Å². The average Bonchev–Trinajstić information content (AvgIpc) is 2.48. The van der Waals surface area contributed by atoms with E-state index in [1.807, 2.05) is 0 Å². The second kappa shape index (κ2) is 9.83. The van der Waals surface area contributed by atoms with Crippen LogP contribution in [0.2, 0.25) is 0 Å². The molecule has 1 saturated carbocycles. The Morgan fingerprint density at radius 3 is 2.48 bits per heavy atom. The smallest absolute Gasteiger partial charge is 0.150 e. The van der Waals surface area contributed by atoms with Crippen LogP contribution in [0.4, 0.5) is 0 Å². The van der Waals surface area contributed by atoms with Crippen molar-refractivity contribution in [1.29, 1.82) is 0 Å². The molecule has 0 spiro atoms. The summed E-state index contributed by atoms with van der Waals surface area (Å²) in [5.41, 5.74) is 0. The van der Waals surface area contributed by atoms with Crippen molar-refractivity contribution in [2.24, 2.45) is 17.8 Å². The summed E-state index contributed by atoms with van der Waals surface area (Å²) in [7, 11) is -2.79. The Hall–Kier alpha value is -0.0900. The standard InChI is InChI=1S/C17H35NO2S/c1-4-11-18-14-17-10-9-15(5-2)13-16(17)8-7-12-21(19,20)6-3/h15-18H,4-14H2,1-3H3. The van der Waals surface area contributed by atoms with Crippen molar-refractivity contribution in [3.8, 4) is 0 Å². The number of hydrogen-bond donors (Lipinski definition) is 1. The van der Waals surface area contributed by atoms with Crippen LogP contribution in [0.5, 0.6) is 0 Å². The summed E-state index contributed by atoms with van der Waals surface area (Å²) in [6.07, 6.45) is 8.39. The van der Waals surface area contributed by atoms with Crippen LogP contribution in [0.25, 0.3) is 0 Å². The Labute approximate surface area is 132 Å². The van der Waals surface area contributed by atoms with Crippen molar-refractivity contribution in [2.45, 2.75) is 65.7 Å². The van der Waals surface area contributed by atoms with E-state index in [1.54, 1.807) is 6.92 Å². The summed E-state index contributed by atoms with van der Waals surface area (Å²) >= 11 is 0. The molecule has 1 N–H and O–H groups in total. The predicted molar refractivity (Wildman–Crippen MR) is 91.3 cm³/mol. The van der Waals surface area contributed by atoms with Gasteiger partial charge in [-0.3, -0.25) is 0 Å². The lowest BCUT2D eigenvalue weighted by Gasteiger charge is -2.36. The number of nitrogens with one attached hydrogen (secondary N) is 1. The topological polar surface area (TPSA) is 46.2 Å². The lowest BCUT2D eigenvalue weighted by Crippen LogP contribution is -2.33. The van der Waals surface area contributed by atoms with Gasteiger partial charge in [0.05, 0.1) is 5.75 Å². The Morgan fingerprint density at radius 2 is 1.86 bits per heavy atom. The molecule has 0 aliphatic heterocycles. The average molecular weight is 318 g/mol. The van der Waals surface area contributed by atoms with E-state index in [9.17, 15) is 8.42 Å². The molecule has 0 aromatic heterocycles. The highest BCUT2D eigenvalue weighted by molar-refractivity contribution is 7.91.